The number of hydrogen-bond donors (Lipinski definition) is 1. The Bertz CT molecular complexity index is 864. The first-order valence-corrected chi connectivity index (χ1v) is 10.0. The Balaban J connectivity index is 2.13. The third-order valence-electron chi connectivity index (χ3n) is 3.45. The monoisotopic (exact) mass is 412 g/mol. The molecule has 1 aromatic carbocycles. The fraction of sp³-hybridized carbons (Fsp3) is 0.400. The number of alkyl halides is 3. The van der Waals surface area contributed by atoms with Gasteiger partial charge in [0.25, 0.3) is 0 Å². The van der Waals surface area contributed by atoms with Crippen LogP contribution in [0.5, 0.6) is 0 Å². The third-order valence-corrected chi connectivity index (χ3v) is 6.47. The van der Waals surface area contributed by atoms with E-state index in [0.29, 0.717) is 12.5 Å². The highest BCUT2D eigenvalue weighted by Gasteiger charge is 2.32. The van der Waals surface area contributed by atoms with E-state index < -0.39 is 26.7 Å². The van der Waals surface area contributed by atoms with Crippen LogP contribution in [-0.2, 0) is 29.0 Å². The van der Waals surface area contributed by atoms with Crippen LogP contribution >= 0.6 is 22.9 Å². The van der Waals surface area contributed by atoms with Gasteiger partial charge < -0.3 is 0 Å². The number of sulfonamides is 1. The van der Waals surface area contributed by atoms with Crippen molar-refractivity contribution in [2.24, 2.45) is 0 Å². The van der Waals surface area contributed by atoms with Crippen molar-refractivity contribution in [2.75, 3.05) is 6.54 Å². The molecule has 0 saturated heterocycles. The fourth-order valence-electron chi connectivity index (χ4n) is 2.18. The summed E-state index contributed by atoms with van der Waals surface area (Å²) in [7, 11) is -4.16. The quantitative estimate of drug-likeness (QED) is 0.773. The maximum absolute atomic E-state index is 12.8. The lowest BCUT2D eigenvalue weighted by molar-refractivity contribution is -0.137. The molecular weight excluding hydrogens is 397 g/mol. The lowest BCUT2D eigenvalue weighted by Crippen LogP contribution is -2.26. The first-order valence-electron chi connectivity index (χ1n) is 7.36. The van der Waals surface area contributed by atoms with Gasteiger partial charge in [-0.1, -0.05) is 18.5 Å². The van der Waals surface area contributed by atoms with Crippen LogP contribution in [0, 0.1) is 6.92 Å². The first kappa shape index (κ1) is 20.2. The van der Waals surface area contributed by atoms with Crippen LogP contribution < -0.4 is 4.72 Å². The zero-order chi connectivity index (χ0) is 18.8. The Hall–Kier alpha value is -1.16. The molecule has 25 heavy (non-hydrogen) atoms. The normalized spacial score (nSPS) is 12.6. The first-order chi connectivity index (χ1) is 11.5. The van der Waals surface area contributed by atoms with Crippen molar-refractivity contribution in [2.45, 2.75) is 37.8 Å². The molecule has 0 saturated carbocycles. The van der Waals surface area contributed by atoms with E-state index in [1.807, 2.05) is 13.8 Å². The van der Waals surface area contributed by atoms with E-state index in [1.165, 1.54) is 11.3 Å². The zero-order valence-corrected chi connectivity index (χ0v) is 15.8. The lowest BCUT2D eigenvalue weighted by atomic mass is 10.2. The van der Waals surface area contributed by atoms with Crippen molar-refractivity contribution in [3.63, 3.8) is 0 Å². The summed E-state index contributed by atoms with van der Waals surface area (Å²) in [6.07, 6.45) is -3.51. The van der Waals surface area contributed by atoms with E-state index in [-0.39, 0.29) is 11.6 Å². The Morgan fingerprint density at radius 1 is 1.32 bits per heavy atom. The molecule has 1 aromatic heterocycles. The van der Waals surface area contributed by atoms with Crippen molar-refractivity contribution in [3.05, 3.63) is 44.4 Å². The number of hydrogen-bond acceptors (Lipinski definition) is 4. The van der Waals surface area contributed by atoms with Gasteiger partial charge in [0.2, 0.25) is 10.0 Å². The molecule has 2 rings (SSSR count). The molecule has 0 bridgehead atoms. The van der Waals surface area contributed by atoms with Crippen LogP contribution in [0.4, 0.5) is 13.2 Å². The van der Waals surface area contributed by atoms with E-state index in [9.17, 15) is 21.6 Å². The molecule has 0 radical (unpaired) electrons. The van der Waals surface area contributed by atoms with Gasteiger partial charge in [-0.3, -0.25) is 0 Å². The molecule has 138 valence electrons. The molecule has 0 unspecified atom stereocenters. The van der Waals surface area contributed by atoms with E-state index in [4.69, 9.17) is 11.6 Å². The molecule has 2 aromatic rings. The second-order valence-corrected chi connectivity index (χ2v) is 8.69. The van der Waals surface area contributed by atoms with Gasteiger partial charge >= 0.3 is 6.18 Å². The number of thiazole rings is 1. The molecule has 1 heterocycles. The van der Waals surface area contributed by atoms with Gasteiger partial charge in [0.15, 0.2) is 0 Å². The summed E-state index contributed by atoms with van der Waals surface area (Å²) in [5.74, 6) is 0. The smallest absolute Gasteiger partial charge is 0.246 e. The largest absolute Gasteiger partial charge is 0.416 e. The number of nitrogens with zero attached hydrogens (tertiary/aromatic N) is 1. The third kappa shape index (κ3) is 4.93. The van der Waals surface area contributed by atoms with Gasteiger partial charge in [-0.15, -0.1) is 11.3 Å². The highest BCUT2D eigenvalue weighted by molar-refractivity contribution is 7.89. The molecule has 0 fully saturated rings. The topological polar surface area (TPSA) is 59.1 Å². The fourth-order valence-corrected chi connectivity index (χ4v) is 4.75. The molecule has 10 heteroatoms. The number of nitrogens with one attached hydrogen (secondary N) is 1. The molecule has 1 N–H and O–H groups in total. The maximum atomic E-state index is 12.8. The van der Waals surface area contributed by atoms with Crippen molar-refractivity contribution >= 4 is 33.0 Å². The number of aryl methyl sites for hydroxylation is 2. The van der Waals surface area contributed by atoms with E-state index >= 15 is 0 Å². The zero-order valence-electron chi connectivity index (χ0n) is 13.4. The lowest BCUT2D eigenvalue weighted by Gasteiger charge is -2.11. The number of benzene rings is 1. The highest BCUT2D eigenvalue weighted by atomic mass is 35.5. The molecule has 0 aliphatic rings. The predicted octanol–water partition coefficient (Wildman–Crippen LogP) is 4.21. The Morgan fingerprint density at radius 2 is 2.00 bits per heavy atom. The maximum Gasteiger partial charge on any atom is 0.416 e. The summed E-state index contributed by atoms with van der Waals surface area (Å²) >= 11 is 7.25. The van der Waals surface area contributed by atoms with Gasteiger partial charge in [0.05, 0.1) is 21.3 Å². The SMILES string of the molecule is CCc1nc(CCNS(=O)(=O)c2cc(C(F)(F)F)ccc2Cl)sc1C. The van der Waals surface area contributed by atoms with Crippen molar-refractivity contribution in [3.8, 4) is 0 Å². The minimum Gasteiger partial charge on any atom is -0.246 e. The summed E-state index contributed by atoms with van der Waals surface area (Å²) in [6.45, 7) is 3.93. The summed E-state index contributed by atoms with van der Waals surface area (Å²) in [5, 5.41) is 0.506. The average molecular weight is 413 g/mol. The minimum absolute atomic E-state index is 0.0189. The molecule has 0 aliphatic heterocycles. The Morgan fingerprint density at radius 3 is 2.56 bits per heavy atom. The van der Waals surface area contributed by atoms with E-state index in [0.717, 1.165) is 34.1 Å². The van der Waals surface area contributed by atoms with E-state index in [1.54, 1.807) is 0 Å². The van der Waals surface area contributed by atoms with Gasteiger partial charge in [0.1, 0.15) is 4.90 Å². The minimum atomic E-state index is -4.65. The molecule has 4 nitrogen and oxygen atoms in total. The van der Waals surface area contributed by atoms with Crippen molar-refractivity contribution in [1.29, 1.82) is 0 Å². The molecule has 0 aliphatic carbocycles. The van der Waals surface area contributed by atoms with Gasteiger partial charge in [-0.2, -0.15) is 13.2 Å². The van der Waals surface area contributed by atoms with Crippen LogP contribution in [0.3, 0.4) is 0 Å². The number of halogens is 4. The molecule has 0 atom stereocenters. The van der Waals surface area contributed by atoms with Crippen LogP contribution in [-0.4, -0.2) is 19.9 Å². The van der Waals surface area contributed by atoms with Crippen LogP contribution in [0.2, 0.25) is 5.02 Å². The number of aromatic nitrogens is 1. The van der Waals surface area contributed by atoms with Crippen LogP contribution in [0.15, 0.2) is 23.1 Å². The summed E-state index contributed by atoms with van der Waals surface area (Å²) < 4.78 is 65.1. The Kier molecular flexibility index (Phi) is 6.13. The van der Waals surface area contributed by atoms with Crippen molar-refractivity contribution < 1.29 is 21.6 Å². The second-order valence-electron chi connectivity index (χ2n) is 5.25. The summed E-state index contributed by atoms with van der Waals surface area (Å²) in [6, 6.07) is 2.20. The number of rotatable bonds is 6. The molecule has 0 amide bonds. The van der Waals surface area contributed by atoms with Gasteiger partial charge in [-0.25, -0.2) is 18.1 Å². The summed E-state index contributed by atoms with van der Waals surface area (Å²) in [5.41, 5.74) is -0.107. The van der Waals surface area contributed by atoms with Gasteiger partial charge in [0, 0.05) is 17.8 Å². The van der Waals surface area contributed by atoms with E-state index in [2.05, 4.69) is 9.71 Å². The van der Waals surface area contributed by atoms with Crippen LogP contribution in [0.1, 0.15) is 28.1 Å². The van der Waals surface area contributed by atoms with Crippen molar-refractivity contribution in [1.82, 2.24) is 9.71 Å². The highest BCUT2D eigenvalue weighted by Crippen LogP contribution is 2.33. The molecular formula is C15H16ClF3N2O2S2. The predicted molar refractivity (Wildman–Crippen MR) is 91.6 cm³/mol. The Labute approximate surface area is 153 Å². The van der Waals surface area contributed by atoms with Gasteiger partial charge in [-0.05, 0) is 31.5 Å². The standard InChI is InChI=1S/C15H16ClF3N2O2S2/c1-3-12-9(2)24-14(21-12)6-7-20-25(22,23)13-8-10(15(17,18)19)4-5-11(13)16/h4-5,8,20H,3,6-7H2,1-2H3. The summed E-state index contributed by atoms with van der Waals surface area (Å²) in [4.78, 5) is 4.87. The second kappa shape index (κ2) is 7.61. The average Bonchev–Trinajstić information content (AvgIpc) is 2.86. The molecule has 0 spiro atoms. The van der Waals surface area contributed by atoms with Crippen LogP contribution in [0.25, 0.3) is 0 Å².